The van der Waals surface area contributed by atoms with Crippen molar-refractivity contribution in [3.63, 3.8) is 0 Å². The van der Waals surface area contributed by atoms with Crippen molar-refractivity contribution in [2.75, 3.05) is 20.8 Å². The van der Waals surface area contributed by atoms with Gasteiger partial charge in [-0.1, -0.05) is 32.1 Å². The Morgan fingerprint density at radius 3 is 2.28 bits per heavy atom. The van der Waals surface area contributed by atoms with E-state index < -0.39 is 0 Å². The van der Waals surface area contributed by atoms with Gasteiger partial charge in [-0.15, -0.1) is 0 Å². The van der Waals surface area contributed by atoms with Crippen LogP contribution in [0.3, 0.4) is 0 Å². The number of benzene rings is 1. The Balaban J connectivity index is 1.69. The first-order valence-electron chi connectivity index (χ1n) is 9.77. The first kappa shape index (κ1) is 18.4. The van der Waals surface area contributed by atoms with Crippen LogP contribution < -0.4 is 14.2 Å². The molecule has 3 rings (SSSR count). The van der Waals surface area contributed by atoms with Gasteiger partial charge in [0.1, 0.15) is 5.75 Å². The number of aliphatic hydroxyl groups excluding tert-OH is 1. The van der Waals surface area contributed by atoms with Crippen LogP contribution in [0.1, 0.15) is 56.9 Å². The van der Waals surface area contributed by atoms with Gasteiger partial charge >= 0.3 is 0 Å². The van der Waals surface area contributed by atoms with Crippen molar-refractivity contribution in [1.82, 2.24) is 0 Å². The summed E-state index contributed by atoms with van der Waals surface area (Å²) in [5.74, 6) is 3.93. The molecule has 2 saturated carbocycles. The Labute approximate surface area is 151 Å². The average molecular weight is 348 g/mol. The molecule has 1 unspecified atom stereocenters. The van der Waals surface area contributed by atoms with E-state index in [1.165, 1.54) is 38.5 Å². The number of ether oxygens (including phenoxy) is 3. The monoisotopic (exact) mass is 348 g/mol. The third-order valence-electron chi connectivity index (χ3n) is 5.98. The fourth-order valence-electron chi connectivity index (χ4n) is 4.62. The van der Waals surface area contributed by atoms with E-state index >= 15 is 0 Å². The van der Waals surface area contributed by atoms with E-state index in [1.54, 1.807) is 14.2 Å². The predicted octanol–water partition coefficient (Wildman–Crippen LogP) is 4.37. The normalized spacial score (nSPS) is 24.3. The molecule has 0 bridgehead atoms. The first-order valence-corrected chi connectivity index (χ1v) is 9.77. The van der Waals surface area contributed by atoms with Crippen molar-refractivity contribution in [3.8, 4) is 17.2 Å². The molecular formula is C21H32O4. The van der Waals surface area contributed by atoms with Crippen LogP contribution in [0.2, 0.25) is 0 Å². The minimum absolute atomic E-state index is 0.0984. The zero-order chi connectivity index (χ0) is 17.6. The van der Waals surface area contributed by atoms with Gasteiger partial charge in [0.05, 0.1) is 20.3 Å². The van der Waals surface area contributed by atoms with Crippen molar-refractivity contribution in [2.24, 2.45) is 11.8 Å². The summed E-state index contributed by atoms with van der Waals surface area (Å²) >= 11 is 0. The number of hydrogen-bond donors (Lipinski definition) is 1. The highest BCUT2D eigenvalue weighted by Crippen LogP contribution is 2.42. The first-order chi connectivity index (χ1) is 12.2. The standard InChI is InChI=1S/C21H32O4/c1-23-20-13-17(10-11-22)19(14-21(20)24-2)25-18-9-8-16(12-18)15-6-4-3-5-7-15/h13-16,18,22H,3-12H2,1-2H3/t16?,18-/m1/s1. The van der Waals surface area contributed by atoms with Crippen molar-refractivity contribution in [3.05, 3.63) is 17.7 Å². The lowest BCUT2D eigenvalue weighted by Crippen LogP contribution is -2.18. The largest absolute Gasteiger partial charge is 0.493 e. The summed E-state index contributed by atoms with van der Waals surface area (Å²) in [5, 5.41) is 9.38. The van der Waals surface area contributed by atoms with E-state index in [9.17, 15) is 5.11 Å². The van der Waals surface area contributed by atoms with E-state index in [0.29, 0.717) is 17.9 Å². The molecule has 0 saturated heterocycles. The Bertz CT molecular complexity index is 551. The van der Waals surface area contributed by atoms with Gasteiger partial charge in [0.25, 0.3) is 0 Å². The van der Waals surface area contributed by atoms with Gasteiger partial charge < -0.3 is 19.3 Å². The molecule has 1 N–H and O–H groups in total. The van der Waals surface area contributed by atoms with E-state index in [2.05, 4.69) is 0 Å². The zero-order valence-corrected chi connectivity index (χ0v) is 15.6. The van der Waals surface area contributed by atoms with Crippen molar-refractivity contribution < 1.29 is 19.3 Å². The third kappa shape index (κ3) is 4.41. The molecule has 25 heavy (non-hydrogen) atoms. The quantitative estimate of drug-likeness (QED) is 0.795. The molecule has 0 radical (unpaired) electrons. The van der Waals surface area contributed by atoms with Crippen molar-refractivity contribution in [1.29, 1.82) is 0 Å². The van der Waals surface area contributed by atoms with Gasteiger partial charge in [0, 0.05) is 18.2 Å². The van der Waals surface area contributed by atoms with Gasteiger partial charge in [-0.2, -0.15) is 0 Å². The molecule has 0 amide bonds. The minimum atomic E-state index is 0.0984. The molecule has 0 heterocycles. The summed E-state index contributed by atoms with van der Waals surface area (Å²) in [6.07, 6.45) is 11.5. The van der Waals surface area contributed by atoms with Crippen LogP contribution in [0, 0.1) is 11.8 Å². The van der Waals surface area contributed by atoms with Crippen LogP contribution in [-0.4, -0.2) is 32.0 Å². The molecule has 2 aliphatic rings. The summed E-state index contributed by atoms with van der Waals surface area (Å²) in [6, 6.07) is 3.84. The average Bonchev–Trinajstić information content (AvgIpc) is 3.12. The second-order valence-electron chi connectivity index (χ2n) is 7.50. The third-order valence-corrected chi connectivity index (χ3v) is 5.98. The van der Waals surface area contributed by atoms with Gasteiger partial charge in [-0.25, -0.2) is 0 Å². The summed E-state index contributed by atoms with van der Waals surface area (Å²) in [5.41, 5.74) is 0.987. The number of hydrogen-bond acceptors (Lipinski definition) is 4. The second-order valence-corrected chi connectivity index (χ2v) is 7.50. The molecule has 0 spiro atoms. The maximum absolute atomic E-state index is 9.38. The molecule has 2 fully saturated rings. The van der Waals surface area contributed by atoms with Crippen molar-refractivity contribution in [2.45, 2.75) is 63.9 Å². The fourth-order valence-corrected chi connectivity index (χ4v) is 4.62. The lowest BCUT2D eigenvalue weighted by Gasteiger charge is -2.27. The molecule has 2 atom stereocenters. The van der Waals surface area contributed by atoms with E-state index in [-0.39, 0.29) is 12.7 Å². The Morgan fingerprint density at radius 2 is 1.60 bits per heavy atom. The predicted molar refractivity (Wildman–Crippen MR) is 98.7 cm³/mol. The molecule has 0 aromatic heterocycles. The fraction of sp³-hybridized carbons (Fsp3) is 0.714. The Hall–Kier alpha value is -1.42. The minimum Gasteiger partial charge on any atom is -0.493 e. The molecule has 4 nitrogen and oxygen atoms in total. The topological polar surface area (TPSA) is 47.9 Å². The highest BCUT2D eigenvalue weighted by molar-refractivity contribution is 5.51. The second kappa shape index (κ2) is 8.79. The molecular weight excluding hydrogens is 316 g/mol. The molecule has 0 aliphatic heterocycles. The van der Waals surface area contributed by atoms with Crippen LogP contribution in [0.25, 0.3) is 0 Å². The van der Waals surface area contributed by atoms with Crippen LogP contribution in [0.5, 0.6) is 17.2 Å². The maximum Gasteiger partial charge on any atom is 0.164 e. The SMILES string of the molecule is COc1cc(CCO)c(O[C@@H]2CCC(C3CCCCC3)C2)cc1OC. The van der Waals surface area contributed by atoms with Gasteiger partial charge in [0.15, 0.2) is 11.5 Å². The molecule has 4 heteroatoms. The van der Waals surface area contributed by atoms with Gasteiger partial charge in [-0.3, -0.25) is 0 Å². The van der Waals surface area contributed by atoms with E-state index in [4.69, 9.17) is 14.2 Å². The molecule has 2 aliphatic carbocycles. The lowest BCUT2D eigenvalue weighted by atomic mass is 9.79. The Morgan fingerprint density at radius 1 is 0.880 bits per heavy atom. The van der Waals surface area contributed by atoms with Crippen LogP contribution >= 0.6 is 0 Å². The van der Waals surface area contributed by atoms with Gasteiger partial charge in [-0.05, 0) is 43.6 Å². The summed E-state index contributed by atoms with van der Waals surface area (Å²) in [4.78, 5) is 0. The maximum atomic E-state index is 9.38. The number of aliphatic hydroxyl groups is 1. The molecule has 1 aromatic rings. The lowest BCUT2D eigenvalue weighted by molar-refractivity contribution is 0.181. The van der Waals surface area contributed by atoms with Crippen molar-refractivity contribution >= 4 is 0 Å². The molecule has 140 valence electrons. The van der Waals surface area contributed by atoms with E-state index in [1.807, 2.05) is 12.1 Å². The van der Waals surface area contributed by atoms with Crippen LogP contribution in [-0.2, 0) is 6.42 Å². The Kier molecular flexibility index (Phi) is 6.46. The van der Waals surface area contributed by atoms with E-state index in [0.717, 1.165) is 36.0 Å². The van der Waals surface area contributed by atoms with Gasteiger partial charge in [0.2, 0.25) is 0 Å². The molecule has 1 aromatic carbocycles. The number of methoxy groups -OCH3 is 2. The smallest absolute Gasteiger partial charge is 0.164 e. The summed E-state index contributed by atoms with van der Waals surface area (Å²) in [7, 11) is 3.27. The summed E-state index contributed by atoms with van der Waals surface area (Å²) < 4.78 is 17.2. The highest BCUT2D eigenvalue weighted by Gasteiger charge is 2.33. The summed E-state index contributed by atoms with van der Waals surface area (Å²) in [6.45, 7) is 0.0984. The van der Waals surface area contributed by atoms with Crippen LogP contribution in [0.15, 0.2) is 12.1 Å². The number of rotatable bonds is 7. The highest BCUT2D eigenvalue weighted by atomic mass is 16.5. The zero-order valence-electron chi connectivity index (χ0n) is 15.6. The van der Waals surface area contributed by atoms with Crippen LogP contribution in [0.4, 0.5) is 0 Å².